The third-order valence-corrected chi connectivity index (χ3v) is 5.50. The zero-order chi connectivity index (χ0) is 19.2. The molecule has 0 atom stereocenters. The molecule has 0 spiro atoms. The van der Waals surface area contributed by atoms with Crippen molar-refractivity contribution in [3.05, 3.63) is 107 Å². The summed E-state index contributed by atoms with van der Waals surface area (Å²) in [5.41, 5.74) is 11.0. The first-order valence-electron chi connectivity index (χ1n) is 9.98. The number of benzene rings is 1. The van der Waals surface area contributed by atoms with Crippen molar-refractivity contribution in [2.75, 3.05) is 0 Å². The predicted molar refractivity (Wildman–Crippen MR) is 121 cm³/mol. The summed E-state index contributed by atoms with van der Waals surface area (Å²) in [6.45, 7) is 10.4. The van der Waals surface area contributed by atoms with E-state index in [4.69, 9.17) is 0 Å². The lowest BCUT2D eigenvalue weighted by molar-refractivity contribution is 0.912. The van der Waals surface area contributed by atoms with E-state index in [-0.39, 0.29) is 0 Å². The van der Waals surface area contributed by atoms with Gasteiger partial charge in [0.05, 0.1) is 0 Å². The summed E-state index contributed by atoms with van der Waals surface area (Å²) in [6.07, 6.45) is 22.2. The Morgan fingerprint density at radius 2 is 1.96 bits per heavy atom. The summed E-state index contributed by atoms with van der Waals surface area (Å²) in [4.78, 5) is 0. The second-order valence-electron chi connectivity index (χ2n) is 7.37. The Bertz CT molecular complexity index is 907. The number of hydrogen-bond acceptors (Lipinski definition) is 0. The highest BCUT2D eigenvalue weighted by molar-refractivity contribution is 5.84. The fraction of sp³-hybridized carbons (Fsp3) is 0.259. The van der Waals surface area contributed by atoms with E-state index in [1.54, 1.807) is 0 Å². The Morgan fingerprint density at radius 3 is 2.67 bits per heavy atom. The molecule has 0 fully saturated rings. The summed E-state index contributed by atoms with van der Waals surface area (Å²) < 4.78 is 0. The summed E-state index contributed by atoms with van der Waals surface area (Å²) in [7, 11) is 0. The standard InChI is InChI=1S/C27H30/c1-5-7-11-22(6-2)24-16-14-20(3)26(18-24)27-19-25(17-15-21(27)4)23-12-9-8-10-13-23/h5-7,9,11-14,16,18-19H,1,8,10,15,17H2,2-4H3/b11-7-,22-6+. The predicted octanol–water partition coefficient (Wildman–Crippen LogP) is 7.91. The van der Waals surface area contributed by atoms with E-state index in [1.165, 1.54) is 51.0 Å². The van der Waals surface area contributed by atoms with Gasteiger partial charge in [0.1, 0.15) is 0 Å². The molecule has 2 aliphatic carbocycles. The van der Waals surface area contributed by atoms with Gasteiger partial charge in [0, 0.05) is 0 Å². The van der Waals surface area contributed by atoms with E-state index in [1.807, 2.05) is 12.2 Å². The monoisotopic (exact) mass is 354 g/mol. The van der Waals surface area contributed by atoms with Crippen LogP contribution in [0.5, 0.6) is 0 Å². The smallest absolute Gasteiger partial charge is 0.0149 e. The molecule has 0 nitrogen and oxygen atoms in total. The van der Waals surface area contributed by atoms with Gasteiger partial charge in [-0.2, -0.15) is 0 Å². The molecule has 0 amide bonds. The lowest BCUT2D eigenvalue weighted by Gasteiger charge is -2.22. The third kappa shape index (κ3) is 4.39. The molecule has 138 valence electrons. The molecule has 2 aliphatic rings. The molecule has 0 radical (unpaired) electrons. The molecule has 0 bridgehead atoms. The average Bonchev–Trinajstić information content (AvgIpc) is 2.71. The molecule has 27 heavy (non-hydrogen) atoms. The molecule has 0 heterocycles. The SMILES string of the molecule is C=C/C=C\C(=C/C)c1ccc(C)c(C2=C(C)CCC(C3=CCCC=C3)=C2)c1. The van der Waals surface area contributed by atoms with Crippen LogP contribution in [0, 0.1) is 6.92 Å². The quantitative estimate of drug-likeness (QED) is 0.471. The lowest BCUT2D eigenvalue weighted by Crippen LogP contribution is -2.02. The van der Waals surface area contributed by atoms with Gasteiger partial charge in [-0.1, -0.05) is 72.9 Å². The normalized spacial score (nSPS) is 18.0. The van der Waals surface area contributed by atoms with Gasteiger partial charge in [-0.05, 0) is 91.5 Å². The maximum atomic E-state index is 3.79. The second kappa shape index (κ2) is 8.86. The number of allylic oxidation sites excluding steroid dienone is 13. The Balaban J connectivity index is 2.04. The van der Waals surface area contributed by atoms with Gasteiger partial charge in [-0.25, -0.2) is 0 Å². The third-order valence-electron chi connectivity index (χ3n) is 5.50. The van der Waals surface area contributed by atoms with Crippen LogP contribution in [0.1, 0.15) is 56.2 Å². The average molecular weight is 355 g/mol. The second-order valence-corrected chi connectivity index (χ2v) is 7.37. The van der Waals surface area contributed by atoms with Gasteiger partial charge in [0.15, 0.2) is 0 Å². The van der Waals surface area contributed by atoms with Crippen molar-refractivity contribution in [3.63, 3.8) is 0 Å². The Morgan fingerprint density at radius 1 is 1.11 bits per heavy atom. The molecule has 1 aromatic rings. The first kappa shape index (κ1) is 19.2. The minimum Gasteiger partial charge on any atom is -0.0991 e. The van der Waals surface area contributed by atoms with Gasteiger partial charge in [-0.3, -0.25) is 0 Å². The van der Waals surface area contributed by atoms with Crippen LogP contribution < -0.4 is 0 Å². The molecule has 0 saturated heterocycles. The fourth-order valence-electron chi connectivity index (χ4n) is 3.84. The minimum absolute atomic E-state index is 1.14. The topological polar surface area (TPSA) is 0 Å². The van der Waals surface area contributed by atoms with E-state index in [9.17, 15) is 0 Å². The zero-order valence-electron chi connectivity index (χ0n) is 16.9. The Kier molecular flexibility index (Phi) is 6.29. The van der Waals surface area contributed by atoms with E-state index < -0.39 is 0 Å². The number of rotatable bonds is 5. The van der Waals surface area contributed by atoms with Crippen molar-refractivity contribution >= 4 is 11.1 Å². The summed E-state index contributed by atoms with van der Waals surface area (Å²) >= 11 is 0. The van der Waals surface area contributed by atoms with Gasteiger partial charge < -0.3 is 0 Å². The molecule has 3 rings (SSSR count). The van der Waals surface area contributed by atoms with Crippen molar-refractivity contribution in [3.8, 4) is 0 Å². The van der Waals surface area contributed by atoms with Crippen LogP contribution in [0.4, 0.5) is 0 Å². The van der Waals surface area contributed by atoms with Crippen LogP contribution in [0.25, 0.3) is 11.1 Å². The number of hydrogen-bond donors (Lipinski definition) is 0. The fourth-order valence-corrected chi connectivity index (χ4v) is 3.84. The van der Waals surface area contributed by atoms with Crippen molar-refractivity contribution in [2.24, 2.45) is 0 Å². The summed E-state index contributed by atoms with van der Waals surface area (Å²) in [6, 6.07) is 6.82. The van der Waals surface area contributed by atoms with Gasteiger partial charge in [0.25, 0.3) is 0 Å². The van der Waals surface area contributed by atoms with Gasteiger partial charge in [0.2, 0.25) is 0 Å². The molecular formula is C27H30. The van der Waals surface area contributed by atoms with Crippen LogP contribution in [0.15, 0.2) is 90.1 Å². The summed E-state index contributed by atoms with van der Waals surface area (Å²) in [5, 5.41) is 0. The van der Waals surface area contributed by atoms with Crippen molar-refractivity contribution < 1.29 is 0 Å². The first-order valence-corrected chi connectivity index (χ1v) is 9.98. The molecule has 1 aromatic carbocycles. The van der Waals surface area contributed by atoms with E-state index in [0.717, 1.165) is 19.3 Å². The highest BCUT2D eigenvalue weighted by atomic mass is 14.2. The first-order chi connectivity index (χ1) is 13.1. The van der Waals surface area contributed by atoms with Gasteiger partial charge in [-0.15, -0.1) is 0 Å². The maximum Gasteiger partial charge on any atom is -0.0149 e. The maximum absolute atomic E-state index is 3.79. The molecule has 0 aromatic heterocycles. The van der Waals surface area contributed by atoms with E-state index in [2.05, 4.69) is 82.0 Å². The van der Waals surface area contributed by atoms with Crippen molar-refractivity contribution in [1.29, 1.82) is 0 Å². The molecule has 0 aliphatic heterocycles. The minimum atomic E-state index is 1.14. The van der Waals surface area contributed by atoms with Crippen LogP contribution in [0.3, 0.4) is 0 Å². The molecule has 0 N–H and O–H groups in total. The van der Waals surface area contributed by atoms with Gasteiger partial charge >= 0.3 is 0 Å². The van der Waals surface area contributed by atoms with E-state index >= 15 is 0 Å². The van der Waals surface area contributed by atoms with Crippen LogP contribution >= 0.6 is 0 Å². The Hall–Kier alpha value is -2.60. The zero-order valence-corrected chi connectivity index (χ0v) is 16.9. The Labute approximate surface area is 164 Å². The molecule has 0 saturated carbocycles. The summed E-state index contributed by atoms with van der Waals surface area (Å²) in [5.74, 6) is 0. The molecular weight excluding hydrogens is 324 g/mol. The van der Waals surface area contributed by atoms with Crippen molar-refractivity contribution in [2.45, 2.75) is 46.5 Å². The lowest BCUT2D eigenvalue weighted by atomic mass is 9.83. The van der Waals surface area contributed by atoms with Crippen LogP contribution in [-0.4, -0.2) is 0 Å². The largest absolute Gasteiger partial charge is 0.0991 e. The highest BCUT2D eigenvalue weighted by Gasteiger charge is 2.16. The van der Waals surface area contributed by atoms with Crippen molar-refractivity contribution in [1.82, 2.24) is 0 Å². The van der Waals surface area contributed by atoms with E-state index in [0.29, 0.717) is 0 Å². The highest BCUT2D eigenvalue weighted by Crippen LogP contribution is 2.37. The van der Waals surface area contributed by atoms with Crippen LogP contribution in [-0.2, 0) is 0 Å². The number of aryl methyl sites for hydroxylation is 1. The molecule has 0 unspecified atom stereocenters. The molecule has 0 heteroatoms. The van der Waals surface area contributed by atoms with Crippen LogP contribution in [0.2, 0.25) is 0 Å².